The zero-order chi connectivity index (χ0) is 19.2. The van der Waals surface area contributed by atoms with Crippen LogP contribution in [0.25, 0.3) is 0 Å². The summed E-state index contributed by atoms with van der Waals surface area (Å²) in [6.45, 7) is 3.36. The minimum Gasteiger partial charge on any atom is -0.345 e. The number of amides is 1. The van der Waals surface area contributed by atoms with Crippen LogP contribution >= 0.6 is 11.6 Å². The van der Waals surface area contributed by atoms with Gasteiger partial charge < -0.3 is 9.80 Å². The Kier molecular flexibility index (Phi) is 7.77. The predicted octanol–water partition coefficient (Wildman–Crippen LogP) is 4.40. The molecule has 1 aromatic carbocycles. The van der Waals surface area contributed by atoms with Crippen molar-refractivity contribution in [3.05, 3.63) is 34.9 Å². The van der Waals surface area contributed by atoms with E-state index in [-0.39, 0.29) is 0 Å². The van der Waals surface area contributed by atoms with Gasteiger partial charge in [0.15, 0.2) is 0 Å². The molecule has 2 rings (SSSR count). The highest BCUT2D eigenvalue weighted by Crippen LogP contribution is 2.23. The molecule has 0 aliphatic carbocycles. The van der Waals surface area contributed by atoms with Crippen molar-refractivity contribution in [2.24, 2.45) is 5.92 Å². The van der Waals surface area contributed by atoms with E-state index in [0.29, 0.717) is 12.5 Å². The molecule has 1 aliphatic rings. The van der Waals surface area contributed by atoms with Crippen molar-refractivity contribution in [1.29, 1.82) is 0 Å². The zero-order valence-electron chi connectivity index (χ0n) is 15.1. The fourth-order valence-electron chi connectivity index (χ4n) is 3.37. The molecular weight excluding hydrogens is 365 g/mol. The van der Waals surface area contributed by atoms with Crippen molar-refractivity contribution in [3.63, 3.8) is 0 Å². The standard InChI is InChI=1S/C19H26ClF3N2O/c1-24(18(26)8-10-19(21,22)23)13-16-3-2-11-25(14-16)12-9-15-4-6-17(20)7-5-15/h4-7,16H,2-3,8-14H2,1H3. The lowest BCUT2D eigenvalue weighted by Crippen LogP contribution is -2.42. The Morgan fingerprint density at radius 1 is 1.31 bits per heavy atom. The number of hydrogen-bond acceptors (Lipinski definition) is 2. The summed E-state index contributed by atoms with van der Waals surface area (Å²) in [5, 5.41) is 0.727. The maximum atomic E-state index is 12.3. The Bertz CT molecular complexity index is 577. The fourth-order valence-corrected chi connectivity index (χ4v) is 3.50. The van der Waals surface area contributed by atoms with Gasteiger partial charge in [0.1, 0.15) is 0 Å². The molecule has 0 saturated carbocycles. The first-order valence-electron chi connectivity index (χ1n) is 9.00. The number of likely N-dealkylation sites (tertiary alicyclic amines) is 1. The average Bonchev–Trinajstić information content (AvgIpc) is 2.59. The molecule has 0 N–H and O–H groups in total. The molecule has 1 unspecified atom stereocenters. The Morgan fingerprint density at radius 3 is 2.65 bits per heavy atom. The number of carbonyl (C=O) groups is 1. The van der Waals surface area contributed by atoms with E-state index < -0.39 is 24.9 Å². The van der Waals surface area contributed by atoms with Gasteiger partial charge in [-0.3, -0.25) is 4.79 Å². The number of piperidine rings is 1. The van der Waals surface area contributed by atoms with Crippen LogP contribution in [-0.4, -0.2) is 55.1 Å². The van der Waals surface area contributed by atoms with Crippen LogP contribution in [0.3, 0.4) is 0 Å². The molecule has 1 atom stereocenters. The van der Waals surface area contributed by atoms with Crippen LogP contribution in [-0.2, 0) is 11.2 Å². The van der Waals surface area contributed by atoms with Gasteiger partial charge in [0.05, 0.1) is 6.42 Å². The van der Waals surface area contributed by atoms with Gasteiger partial charge in [0.25, 0.3) is 0 Å². The lowest BCUT2D eigenvalue weighted by molar-refractivity contribution is -0.148. The highest BCUT2D eigenvalue weighted by Gasteiger charge is 2.29. The van der Waals surface area contributed by atoms with Crippen molar-refractivity contribution >= 4 is 17.5 Å². The van der Waals surface area contributed by atoms with Crippen molar-refractivity contribution in [2.75, 3.05) is 33.2 Å². The third kappa shape index (κ3) is 7.54. The summed E-state index contributed by atoms with van der Waals surface area (Å²) >= 11 is 5.90. The zero-order valence-corrected chi connectivity index (χ0v) is 15.8. The second kappa shape index (κ2) is 9.60. The molecule has 1 aromatic rings. The largest absolute Gasteiger partial charge is 0.389 e. The van der Waals surface area contributed by atoms with Gasteiger partial charge in [-0.05, 0) is 49.4 Å². The summed E-state index contributed by atoms with van der Waals surface area (Å²) in [4.78, 5) is 15.7. The first-order chi connectivity index (χ1) is 12.2. The molecule has 26 heavy (non-hydrogen) atoms. The molecule has 0 spiro atoms. The highest BCUT2D eigenvalue weighted by molar-refractivity contribution is 6.30. The minimum atomic E-state index is -4.28. The van der Waals surface area contributed by atoms with E-state index in [2.05, 4.69) is 4.90 Å². The number of nitrogens with zero attached hydrogens (tertiary/aromatic N) is 2. The second-order valence-electron chi connectivity index (χ2n) is 7.07. The van der Waals surface area contributed by atoms with Crippen LogP contribution < -0.4 is 0 Å². The van der Waals surface area contributed by atoms with E-state index in [4.69, 9.17) is 11.6 Å². The van der Waals surface area contributed by atoms with Crippen LogP contribution in [0.1, 0.15) is 31.2 Å². The quantitative estimate of drug-likeness (QED) is 0.689. The third-order valence-electron chi connectivity index (χ3n) is 4.81. The van der Waals surface area contributed by atoms with Crippen molar-refractivity contribution < 1.29 is 18.0 Å². The normalized spacial score (nSPS) is 18.7. The summed E-state index contributed by atoms with van der Waals surface area (Å²) < 4.78 is 36.8. The first-order valence-corrected chi connectivity index (χ1v) is 9.38. The molecule has 1 aliphatic heterocycles. The van der Waals surface area contributed by atoms with E-state index in [1.54, 1.807) is 7.05 Å². The molecule has 0 radical (unpaired) electrons. The molecule has 146 valence electrons. The van der Waals surface area contributed by atoms with Crippen LogP contribution in [0.2, 0.25) is 5.02 Å². The summed E-state index contributed by atoms with van der Waals surface area (Å²) in [6, 6.07) is 7.82. The predicted molar refractivity (Wildman–Crippen MR) is 97.2 cm³/mol. The van der Waals surface area contributed by atoms with Gasteiger partial charge in [-0.25, -0.2) is 0 Å². The molecular formula is C19H26ClF3N2O. The summed E-state index contributed by atoms with van der Waals surface area (Å²) in [7, 11) is 1.60. The topological polar surface area (TPSA) is 23.6 Å². The smallest absolute Gasteiger partial charge is 0.345 e. The van der Waals surface area contributed by atoms with Gasteiger partial charge in [-0.2, -0.15) is 13.2 Å². The van der Waals surface area contributed by atoms with Gasteiger partial charge in [0, 0.05) is 38.1 Å². The Hall–Kier alpha value is -1.27. The van der Waals surface area contributed by atoms with Crippen LogP contribution in [0, 0.1) is 5.92 Å². The van der Waals surface area contributed by atoms with Gasteiger partial charge >= 0.3 is 6.18 Å². The third-order valence-corrected chi connectivity index (χ3v) is 5.07. The van der Waals surface area contributed by atoms with Crippen molar-refractivity contribution in [3.8, 4) is 0 Å². The molecule has 7 heteroatoms. The maximum absolute atomic E-state index is 12.3. The summed E-state index contributed by atoms with van der Waals surface area (Å²) in [6.07, 6.45) is -2.80. The molecule has 1 saturated heterocycles. The number of rotatable bonds is 7. The van der Waals surface area contributed by atoms with E-state index in [1.165, 1.54) is 10.5 Å². The molecule has 0 aromatic heterocycles. The monoisotopic (exact) mass is 390 g/mol. The first kappa shape index (κ1) is 21.0. The van der Waals surface area contributed by atoms with Gasteiger partial charge in [-0.15, -0.1) is 0 Å². The van der Waals surface area contributed by atoms with E-state index in [1.807, 2.05) is 24.3 Å². The van der Waals surface area contributed by atoms with Crippen molar-refractivity contribution in [1.82, 2.24) is 9.80 Å². The molecule has 1 heterocycles. The van der Waals surface area contributed by atoms with E-state index >= 15 is 0 Å². The number of carbonyl (C=O) groups excluding carboxylic acids is 1. The maximum Gasteiger partial charge on any atom is 0.389 e. The number of benzene rings is 1. The SMILES string of the molecule is CN(CC1CCCN(CCc2ccc(Cl)cc2)C1)C(=O)CCC(F)(F)F. The second-order valence-corrected chi connectivity index (χ2v) is 7.51. The van der Waals surface area contributed by atoms with Crippen LogP contribution in [0.15, 0.2) is 24.3 Å². The van der Waals surface area contributed by atoms with Gasteiger partial charge in [0.2, 0.25) is 5.91 Å². The lowest BCUT2D eigenvalue weighted by Gasteiger charge is -2.34. The van der Waals surface area contributed by atoms with Gasteiger partial charge in [-0.1, -0.05) is 23.7 Å². The van der Waals surface area contributed by atoms with Crippen LogP contribution in [0.5, 0.6) is 0 Å². The minimum absolute atomic E-state index is 0.314. The number of hydrogen-bond donors (Lipinski definition) is 0. The Morgan fingerprint density at radius 2 is 2.00 bits per heavy atom. The molecule has 3 nitrogen and oxygen atoms in total. The Balaban J connectivity index is 1.74. The molecule has 1 amide bonds. The number of alkyl halides is 3. The van der Waals surface area contributed by atoms with E-state index in [0.717, 1.165) is 43.9 Å². The van der Waals surface area contributed by atoms with E-state index in [9.17, 15) is 18.0 Å². The highest BCUT2D eigenvalue weighted by atomic mass is 35.5. The van der Waals surface area contributed by atoms with Crippen molar-refractivity contribution in [2.45, 2.75) is 38.3 Å². The summed E-state index contributed by atoms with van der Waals surface area (Å²) in [5.74, 6) is -0.116. The molecule has 0 bridgehead atoms. The van der Waals surface area contributed by atoms with Crippen LogP contribution in [0.4, 0.5) is 13.2 Å². The summed E-state index contributed by atoms with van der Waals surface area (Å²) in [5.41, 5.74) is 1.23. The average molecular weight is 391 g/mol. The lowest BCUT2D eigenvalue weighted by atomic mass is 9.97. The fraction of sp³-hybridized carbons (Fsp3) is 0.632. The number of halogens is 4. The molecule has 1 fully saturated rings. The Labute approximate surface area is 158 Å².